The van der Waals surface area contributed by atoms with Crippen LogP contribution >= 0.6 is 27.5 Å². The minimum Gasteiger partial charge on any atom is -0.339 e. The van der Waals surface area contributed by atoms with Crippen molar-refractivity contribution in [1.82, 2.24) is 10.2 Å². The predicted molar refractivity (Wildman–Crippen MR) is 86.3 cm³/mol. The lowest BCUT2D eigenvalue weighted by Gasteiger charge is -2.32. The SMILES string of the molecule is CNCCC1CCN(C(=O)c2ccc(Cl)cc2Br)CC1. The van der Waals surface area contributed by atoms with Gasteiger partial charge in [0, 0.05) is 22.6 Å². The van der Waals surface area contributed by atoms with Crippen molar-refractivity contribution in [2.24, 2.45) is 5.92 Å². The number of benzene rings is 1. The van der Waals surface area contributed by atoms with Crippen LogP contribution in [-0.4, -0.2) is 37.5 Å². The second-order valence-electron chi connectivity index (χ2n) is 5.25. The van der Waals surface area contributed by atoms with Gasteiger partial charge >= 0.3 is 0 Å². The predicted octanol–water partition coefficient (Wildman–Crippen LogP) is 3.56. The largest absolute Gasteiger partial charge is 0.339 e. The lowest BCUT2D eigenvalue weighted by Crippen LogP contribution is -2.39. The lowest BCUT2D eigenvalue weighted by molar-refractivity contribution is 0.0686. The van der Waals surface area contributed by atoms with Crippen LogP contribution in [0.15, 0.2) is 22.7 Å². The summed E-state index contributed by atoms with van der Waals surface area (Å²) in [5.41, 5.74) is 0.697. The van der Waals surface area contributed by atoms with E-state index in [1.54, 1.807) is 18.2 Å². The molecule has 0 saturated carbocycles. The molecule has 1 fully saturated rings. The Bertz CT molecular complexity index is 473. The molecule has 0 radical (unpaired) electrons. The summed E-state index contributed by atoms with van der Waals surface area (Å²) in [6.07, 6.45) is 3.39. The molecule has 0 atom stereocenters. The quantitative estimate of drug-likeness (QED) is 0.891. The molecule has 1 N–H and O–H groups in total. The molecule has 3 nitrogen and oxygen atoms in total. The summed E-state index contributed by atoms with van der Waals surface area (Å²) in [6, 6.07) is 5.33. The van der Waals surface area contributed by atoms with Gasteiger partial charge in [-0.1, -0.05) is 11.6 Å². The van der Waals surface area contributed by atoms with E-state index in [2.05, 4.69) is 21.2 Å². The van der Waals surface area contributed by atoms with Crippen LogP contribution in [0.5, 0.6) is 0 Å². The average molecular weight is 360 g/mol. The lowest BCUT2D eigenvalue weighted by atomic mass is 9.93. The number of nitrogens with zero attached hydrogens (tertiary/aromatic N) is 1. The Morgan fingerprint density at radius 3 is 2.75 bits per heavy atom. The number of carbonyl (C=O) groups is 1. The third-order valence-electron chi connectivity index (χ3n) is 3.87. The van der Waals surface area contributed by atoms with Crippen molar-refractivity contribution < 1.29 is 4.79 Å². The maximum absolute atomic E-state index is 12.5. The highest BCUT2D eigenvalue weighted by atomic mass is 79.9. The van der Waals surface area contributed by atoms with E-state index in [1.165, 1.54) is 6.42 Å². The highest BCUT2D eigenvalue weighted by Gasteiger charge is 2.24. The van der Waals surface area contributed by atoms with Crippen molar-refractivity contribution in [3.8, 4) is 0 Å². The van der Waals surface area contributed by atoms with Crippen LogP contribution in [0.1, 0.15) is 29.6 Å². The van der Waals surface area contributed by atoms with Gasteiger partial charge in [0.2, 0.25) is 0 Å². The van der Waals surface area contributed by atoms with E-state index in [9.17, 15) is 4.79 Å². The highest BCUT2D eigenvalue weighted by Crippen LogP contribution is 2.26. The molecule has 1 aliphatic rings. The molecule has 1 amide bonds. The third-order valence-corrected chi connectivity index (χ3v) is 4.76. The van der Waals surface area contributed by atoms with Gasteiger partial charge in [-0.2, -0.15) is 0 Å². The molecule has 110 valence electrons. The minimum absolute atomic E-state index is 0.0978. The van der Waals surface area contributed by atoms with Gasteiger partial charge in [0.1, 0.15) is 0 Å². The Morgan fingerprint density at radius 2 is 2.15 bits per heavy atom. The van der Waals surface area contributed by atoms with Gasteiger partial charge in [-0.15, -0.1) is 0 Å². The number of halogens is 2. The fourth-order valence-electron chi connectivity index (χ4n) is 2.61. The number of carbonyl (C=O) groups excluding carboxylic acids is 1. The van der Waals surface area contributed by atoms with Gasteiger partial charge in [0.15, 0.2) is 0 Å². The number of amides is 1. The van der Waals surface area contributed by atoms with Crippen molar-refractivity contribution >= 4 is 33.4 Å². The van der Waals surface area contributed by atoms with E-state index in [4.69, 9.17) is 11.6 Å². The van der Waals surface area contributed by atoms with Crippen molar-refractivity contribution in [3.05, 3.63) is 33.3 Å². The van der Waals surface area contributed by atoms with Crippen LogP contribution in [0.2, 0.25) is 5.02 Å². The van der Waals surface area contributed by atoms with E-state index < -0.39 is 0 Å². The van der Waals surface area contributed by atoms with Gasteiger partial charge in [0.25, 0.3) is 5.91 Å². The van der Waals surface area contributed by atoms with Crippen LogP contribution in [0.25, 0.3) is 0 Å². The fourth-order valence-corrected chi connectivity index (χ4v) is 3.46. The normalized spacial score (nSPS) is 16.4. The smallest absolute Gasteiger partial charge is 0.254 e. The van der Waals surface area contributed by atoms with E-state index >= 15 is 0 Å². The first-order valence-electron chi connectivity index (χ1n) is 7.00. The molecule has 1 aliphatic heterocycles. The van der Waals surface area contributed by atoms with Crippen LogP contribution < -0.4 is 5.32 Å². The first-order chi connectivity index (χ1) is 9.61. The van der Waals surface area contributed by atoms with E-state index in [-0.39, 0.29) is 5.91 Å². The first kappa shape index (κ1) is 15.8. The Morgan fingerprint density at radius 1 is 1.45 bits per heavy atom. The average Bonchev–Trinajstić information content (AvgIpc) is 2.45. The van der Waals surface area contributed by atoms with E-state index in [0.717, 1.165) is 42.9 Å². The summed E-state index contributed by atoms with van der Waals surface area (Å²) in [7, 11) is 1.98. The maximum Gasteiger partial charge on any atom is 0.254 e. The Balaban J connectivity index is 1.94. The van der Waals surface area contributed by atoms with E-state index in [0.29, 0.717) is 10.6 Å². The topological polar surface area (TPSA) is 32.3 Å². The molecule has 0 spiro atoms. The standard InChI is InChI=1S/C15H20BrClN2O/c1-18-7-4-11-5-8-19(9-6-11)15(20)13-3-2-12(17)10-14(13)16/h2-3,10-11,18H,4-9H2,1H3. The summed E-state index contributed by atoms with van der Waals surface area (Å²) in [4.78, 5) is 14.4. The Kier molecular flexibility index (Phi) is 5.87. The molecule has 20 heavy (non-hydrogen) atoms. The summed E-state index contributed by atoms with van der Waals surface area (Å²) < 4.78 is 0.771. The second kappa shape index (κ2) is 7.43. The number of hydrogen-bond acceptors (Lipinski definition) is 2. The third kappa shape index (κ3) is 3.96. The molecule has 1 aromatic rings. The highest BCUT2D eigenvalue weighted by molar-refractivity contribution is 9.10. The second-order valence-corrected chi connectivity index (χ2v) is 6.54. The monoisotopic (exact) mass is 358 g/mol. The molecule has 1 aromatic carbocycles. The number of piperidine rings is 1. The summed E-state index contributed by atoms with van der Waals surface area (Å²) >= 11 is 9.33. The van der Waals surface area contributed by atoms with Crippen LogP contribution in [0, 0.1) is 5.92 Å². The van der Waals surface area contributed by atoms with Crippen molar-refractivity contribution in [2.45, 2.75) is 19.3 Å². The first-order valence-corrected chi connectivity index (χ1v) is 8.18. The molecule has 0 aliphatic carbocycles. The van der Waals surface area contributed by atoms with Crippen LogP contribution in [-0.2, 0) is 0 Å². The molecular formula is C15H20BrClN2O. The molecule has 2 rings (SSSR count). The number of likely N-dealkylation sites (tertiary alicyclic amines) is 1. The molecule has 0 aromatic heterocycles. The molecule has 1 heterocycles. The zero-order chi connectivity index (χ0) is 14.5. The van der Waals surface area contributed by atoms with Crippen molar-refractivity contribution in [1.29, 1.82) is 0 Å². The molecule has 1 saturated heterocycles. The summed E-state index contributed by atoms with van der Waals surface area (Å²) in [5.74, 6) is 0.834. The molecular weight excluding hydrogens is 340 g/mol. The Hall–Kier alpha value is -0.580. The number of hydrogen-bond donors (Lipinski definition) is 1. The number of rotatable bonds is 4. The van der Waals surface area contributed by atoms with Crippen molar-refractivity contribution in [2.75, 3.05) is 26.7 Å². The Labute approximate surface area is 133 Å². The van der Waals surface area contributed by atoms with E-state index in [1.807, 2.05) is 11.9 Å². The van der Waals surface area contributed by atoms with Crippen LogP contribution in [0.4, 0.5) is 0 Å². The summed E-state index contributed by atoms with van der Waals surface area (Å²) in [6.45, 7) is 2.76. The number of nitrogens with one attached hydrogen (secondary N) is 1. The molecule has 5 heteroatoms. The fraction of sp³-hybridized carbons (Fsp3) is 0.533. The van der Waals surface area contributed by atoms with Crippen LogP contribution in [0.3, 0.4) is 0 Å². The van der Waals surface area contributed by atoms with Gasteiger partial charge in [-0.25, -0.2) is 0 Å². The van der Waals surface area contributed by atoms with Gasteiger partial charge < -0.3 is 10.2 Å². The van der Waals surface area contributed by atoms with Gasteiger partial charge in [0.05, 0.1) is 5.56 Å². The van der Waals surface area contributed by atoms with Gasteiger partial charge in [-0.3, -0.25) is 4.79 Å². The zero-order valence-corrected chi connectivity index (χ0v) is 14.0. The maximum atomic E-state index is 12.5. The zero-order valence-electron chi connectivity index (χ0n) is 11.7. The van der Waals surface area contributed by atoms with Crippen molar-refractivity contribution in [3.63, 3.8) is 0 Å². The van der Waals surface area contributed by atoms with Gasteiger partial charge in [-0.05, 0) is 72.9 Å². The molecule has 0 bridgehead atoms. The summed E-state index contributed by atoms with van der Waals surface area (Å²) in [5, 5.41) is 3.83. The minimum atomic E-state index is 0.0978. The molecule has 0 unspecified atom stereocenters.